The minimum absolute atomic E-state index is 0. The maximum atomic E-state index is 11.6. The maximum Gasteiger partial charge on any atom is 0.329 e. The summed E-state index contributed by atoms with van der Waals surface area (Å²) in [5, 5.41) is 31.2. The molecule has 28 heteroatoms. The van der Waals surface area contributed by atoms with Gasteiger partial charge in [0.15, 0.2) is 0 Å². The number of amides is 4. The number of carbonyl (C=O) groups excluding carboxylic acids is 6. The molecule has 0 radical (unpaired) electrons. The van der Waals surface area contributed by atoms with Gasteiger partial charge in [0.1, 0.15) is 44.3 Å². The van der Waals surface area contributed by atoms with E-state index in [-0.39, 0.29) is 45.9 Å². The van der Waals surface area contributed by atoms with Gasteiger partial charge in [0.25, 0.3) is 0 Å². The van der Waals surface area contributed by atoms with E-state index in [0.29, 0.717) is 12.4 Å². The second-order valence-electron chi connectivity index (χ2n) is 13.3. The Kier molecular flexibility index (Phi) is 52.4. The number of carbonyl (C=O) groups is 8. The Balaban J connectivity index is -0.000000223. The summed E-state index contributed by atoms with van der Waals surface area (Å²) >= 11 is 0. The summed E-state index contributed by atoms with van der Waals surface area (Å²) in [7, 11) is 11.3. The van der Waals surface area contributed by atoms with Crippen molar-refractivity contribution in [2.45, 2.75) is 127 Å². The van der Waals surface area contributed by atoms with E-state index in [4.69, 9.17) is 19.7 Å². The van der Waals surface area contributed by atoms with Gasteiger partial charge in [-0.2, -0.15) is 0 Å². The quantitative estimate of drug-likeness (QED) is 0.0193. The van der Waals surface area contributed by atoms with Crippen LogP contribution in [0.2, 0.25) is 0 Å². The van der Waals surface area contributed by atoms with Gasteiger partial charge < -0.3 is 41.0 Å². The summed E-state index contributed by atoms with van der Waals surface area (Å²) in [6.45, 7) is 21.1. The smallest absolute Gasteiger partial charge is 0.329 e. The molecule has 0 aromatic carbocycles. The minimum Gasteiger partial charge on any atom is -0.480 e. The molecule has 4 atom stereocenters. The van der Waals surface area contributed by atoms with Crippen LogP contribution in [0.5, 0.6) is 0 Å². The number of nitrogens with zero attached hydrogens (tertiary/aromatic N) is 4. The molecule has 0 saturated carbocycles. The van der Waals surface area contributed by atoms with Gasteiger partial charge in [-0.05, 0) is 106 Å². The average molecular weight is 1240 g/mol. The van der Waals surface area contributed by atoms with Gasteiger partial charge >= 0.3 is 23.9 Å². The lowest BCUT2D eigenvalue weighted by Gasteiger charge is -2.16. The molecule has 4 amide bonds. The Morgan fingerprint density at radius 3 is 0.910 bits per heavy atom. The van der Waals surface area contributed by atoms with Crippen molar-refractivity contribution in [3.63, 3.8) is 0 Å². The number of aliphatic carboxylic acids is 2. The lowest BCUT2D eigenvalue weighted by molar-refractivity contribution is -0.146. The van der Waals surface area contributed by atoms with Crippen molar-refractivity contribution in [1.29, 1.82) is 0 Å². The van der Waals surface area contributed by atoms with E-state index in [2.05, 4.69) is 41.2 Å². The molecule has 4 heterocycles. The van der Waals surface area contributed by atoms with Crippen LogP contribution in [-0.4, -0.2) is 138 Å². The van der Waals surface area contributed by atoms with Gasteiger partial charge in [0.2, 0.25) is 23.6 Å². The third-order valence-corrected chi connectivity index (χ3v) is 16.5. The second-order valence-corrected chi connectivity index (χ2v) is 22.8. The highest BCUT2D eigenvalue weighted by Gasteiger charge is 2.24. The first-order valence-corrected chi connectivity index (χ1v) is 33.4. The molecule has 6 N–H and O–H groups in total. The molecule has 0 fully saturated rings. The third-order valence-electron chi connectivity index (χ3n) is 7.32. The van der Waals surface area contributed by atoms with Gasteiger partial charge in [-0.1, -0.05) is 109 Å². The molecule has 4 aromatic heterocycles. The topological polar surface area (TPSA) is 295 Å². The first kappa shape index (κ1) is 77.4. The summed E-state index contributed by atoms with van der Waals surface area (Å²) in [4.78, 5) is 105. The molecule has 0 aliphatic rings. The van der Waals surface area contributed by atoms with Crippen LogP contribution in [0.25, 0.3) is 0 Å². The fourth-order valence-electron chi connectivity index (χ4n) is 4.38. The number of esters is 2. The van der Waals surface area contributed by atoms with E-state index in [1.54, 1.807) is 60.2 Å². The summed E-state index contributed by atoms with van der Waals surface area (Å²) in [5.41, 5.74) is 0. The molecule has 440 valence electrons. The minimum atomic E-state index is -1.13. The largest absolute Gasteiger partial charge is 0.480 e. The Morgan fingerprint density at radius 2 is 0.667 bits per heavy atom. The molecule has 0 bridgehead atoms. The number of hydrogen-bond acceptors (Lipinski definition) is 22. The monoisotopic (exact) mass is 1240 g/mol. The van der Waals surface area contributed by atoms with Crippen LogP contribution in [0.1, 0.15) is 87.4 Å². The summed E-state index contributed by atoms with van der Waals surface area (Å²) in [6, 6.07) is 19.6. The lowest BCUT2D eigenvalue weighted by Crippen LogP contribution is -2.43. The molecule has 4 unspecified atom stereocenters. The molecule has 20 nitrogen and oxygen atoms in total. The van der Waals surface area contributed by atoms with Crippen molar-refractivity contribution in [1.82, 2.24) is 41.2 Å². The number of pyridine rings is 4. The van der Waals surface area contributed by atoms with Crippen LogP contribution in [-0.2, 0) is 47.8 Å². The van der Waals surface area contributed by atoms with Crippen LogP contribution in [0, 0.1) is 0 Å². The average Bonchev–Trinajstić information content (AvgIpc) is 3.43. The fraction of sp³-hybridized carbons (Fsp3) is 0.440. The second kappa shape index (κ2) is 52.8. The first-order valence-electron chi connectivity index (χ1n) is 24.1. The van der Waals surface area contributed by atoms with Gasteiger partial charge in [0.05, 0.1) is 13.2 Å². The van der Waals surface area contributed by atoms with Crippen molar-refractivity contribution in [3.8, 4) is 0 Å². The van der Waals surface area contributed by atoms with Gasteiger partial charge in [0, 0.05) is 79.8 Å². The molecule has 4 aromatic rings. The van der Waals surface area contributed by atoms with Crippen molar-refractivity contribution in [2.75, 3.05) is 36.2 Å². The molecule has 78 heavy (non-hydrogen) atoms. The van der Waals surface area contributed by atoms with Crippen LogP contribution >= 0.6 is 86.4 Å². The molecule has 0 aliphatic carbocycles. The van der Waals surface area contributed by atoms with Crippen LogP contribution in [0.4, 0.5) is 0 Å². The van der Waals surface area contributed by atoms with Crippen LogP contribution < -0.4 is 21.3 Å². The number of aromatic nitrogens is 4. The molecular weight excluding hydrogens is 1160 g/mol. The maximum absolute atomic E-state index is 11.6. The molecule has 4 rings (SSSR count). The normalized spacial score (nSPS) is 11.1. The van der Waals surface area contributed by atoms with E-state index in [0.717, 1.165) is 20.1 Å². The zero-order valence-electron chi connectivity index (χ0n) is 45.8. The zero-order chi connectivity index (χ0) is 59.5. The highest BCUT2D eigenvalue weighted by molar-refractivity contribution is 8.77. The summed E-state index contributed by atoms with van der Waals surface area (Å²) in [5.74, 6) is -3.41. The molecule has 0 saturated heterocycles. The van der Waals surface area contributed by atoms with E-state index in [9.17, 15) is 38.4 Å². The summed E-state index contributed by atoms with van der Waals surface area (Å²) in [6.07, 6.45) is 6.97. The van der Waals surface area contributed by atoms with Gasteiger partial charge in [-0.15, -0.1) is 0 Å². The van der Waals surface area contributed by atoms with Crippen molar-refractivity contribution < 1.29 is 62.3 Å². The van der Waals surface area contributed by atoms with Crippen molar-refractivity contribution in [3.05, 3.63) is 97.6 Å². The highest BCUT2D eigenvalue weighted by atomic mass is 33.1. The molecule has 0 spiro atoms. The van der Waals surface area contributed by atoms with Crippen molar-refractivity contribution in [2.24, 2.45) is 0 Å². The van der Waals surface area contributed by atoms with Crippen LogP contribution in [0.15, 0.2) is 118 Å². The Morgan fingerprint density at radius 1 is 0.423 bits per heavy atom. The number of nitrogens with one attached hydrogen (secondary N) is 4. The number of ether oxygens (including phenoxy) is 2. The SMILES string of the molecule is CC.CC.CC.CC(=O)NC(CSSc1ccccn1)C(=O)O.CCOC(=O)C(CSSCC(NC(C)=O)C(=O)O)NC(C)=O.CCOC(=O)C(CSSc1ccccn1)NC(C)=O.[2HH].[2HH].[2HH].c1ccc(SSc2ccccn2)nc1. The lowest BCUT2D eigenvalue weighted by atomic mass is 10.3. The predicted octanol–water partition coefficient (Wildman–Crippen LogP) is 10.4. The number of carboxylic acids is 2. The zero-order valence-corrected chi connectivity index (χ0v) is 52.4. The van der Waals surface area contributed by atoms with E-state index in [1.165, 1.54) is 92.5 Å². The molecular formula is C50H80N8O12S8. The number of carboxylic acid groups (broad SMARTS) is 2. The third kappa shape index (κ3) is 44.1. The Hall–Kier alpha value is -4.84. The van der Waals surface area contributed by atoms with E-state index in [1.807, 2.05) is 114 Å². The van der Waals surface area contributed by atoms with E-state index < -0.39 is 54.0 Å². The number of rotatable bonds is 26. The Bertz CT molecular complexity index is 2210. The molecule has 0 aliphatic heterocycles. The van der Waals surface area contributed by atoms with Gasteiger partial charge in [-0.25, -0.2) is 39.1 Å². The van der Waals surface area contributed by atoms with Gasteiger partial charge in [-0.3, -0.25) is 19.2 Å². The fourth-order valence-corrected chi connectivity index (χ4v) is 12.5. The summed E-state index contributed by atoms with van der Waals surface area (Å²) < 4.78 is 9.76. The van der Waals surface area contributed by atoms with E-state index >= 15 is 0 Å². The Labute approximate surface area is 495 Å². The predicted molar refractivity (Wildman–Crippen MR) is 330 cm³/mol. The number of hydrogen-bond donors (Lipinski definition) is 6. The van der Waals surface area contributed by atoms with Crippen molar-refractivity contribution >= 4 is 134 Å². The standard InChI is InChI=1S/C12H20N2O6S2.C12H16N2O3S2.C10H12N2O3S2.C10H8N2S2.3C2H6.3H2/c1-4-20-12(19)10(14-8(3)16)6-22-21-5-9(11(17)18)13-7(2)15;1-3-17-12(16)10(14-9(2)15)8-18-19-11-6-4-5-7-13-11;1-7(13)12-8(10(14)15)6-16-17-9-4-2-3-5-11-9;1-3-7-11-9(5-1)13-14-10-6-2-4-8-12-10;3*1-2;;;/h9-10H,4-6H2,1-3H3,(H,13,15)(H,14,16)(H,17,18);4-7,10H,3,8H2,1-2H3,(H,14,15);2-5,8H,6H2,1H3,(H,12,13)(H,14,15);1-8H;3*1-2H3;3*1H/i;;;;;;;3*1+1. The highest BCUT2D eigenvalue weighted by Crippen LogP contribution is 2.34. The van der Waals surface area contributed by atoms with Crippen LogP contribution in [0.3, 0.4) is 0 Å². The first-order chi connectivity index (χ1) is 37.4.